The molecule has 1 aliphatic carbocycles. The maximum Gasteiger partial charge on any atom is 0.214 e. The molecule has 2 atom stereocenters. The molecule has 1 aromatic rings. The van der Waals surface area contributed by atoms with E-state index in [1.807, 2.05) is 18.2 Å². The monoisotopic (exact) mass is 283 g/mol. The van der Waals surface area contributed by atoms with Crippen LogP contribution in [0.15, 0.2) is 24.3 Å². The number of nitrogens with one attached hydrogen (secondary N) is 1. The number of hydrogen-bond donors (Lipinski definition) is 2. The van der Waals surface area contributed by atoms with Gasteiger partial charge in [0.25, 0.3) is 0 Å². The van der Waals surface area contributed by atoms with Crippen molar-refractivity contribution in [2.24, 2.45) is 5.73 Å². The van der Waals surface area contributed by atoms with Gasteiger partial charge in [-0.15, -0.1) is 0 Å². The molecule has 0 aliphatic heterocycles. The van der Waals surface area contributed by atoms with Crippen LogP contribution in [0.3, 0.4) is 0 Å². The van der Waals surface area contributed by atoms with Gasteiger partial charge in [0.05, 0.1) is 5.75 Å². The van der Waals surface area contributed by atoms with Crippen LogP contribution >= 0.6 is 0 Å². The average Bonchev–Trinajstić information content (AvgIpc) is 2.67. The Bertz CT molecular complexity index is 543. The Balaban J connectivity index is 1.96. The predicted molar refractivity (Wildman–Crippen MR) is 76.2 cm³/mol. The quantitative estimate of drug-likeness (QED) is 0.830. The fourth-order valence-electron chi connectivity index (χ4n) is 2.41. The molecule has 0 radical (unpaired) electrons. The fourth-order valence-corrected chi connectivity index (χ4v) is 3.15. The summed E-state index contributed by atoms with van der Waals surface area (Å²) in [5.41, 5.74) is 8.43. The van der Waals surface area contributed by atoms with Crippen molar-refractivity contribution >= 4 is 10.0 Å². The molecule has 2 unspecified atom stereocenters. The van der Waals surface area contributed by atoms with E-state index >= 15 is 0 Å². The summed E-state index contributed by atoms with van der Waals surface area (Å²) >= 11 is 0. The van der Waals surface area contributed by atoms with Gasteiger partial charge in [0, 0.05) is 32.7 Å². The van der Waals surface area contributed by atoms with Crippen molar-refractivity contribution in [3.63, 3.8) is 0 Å². The molecule has 2 rings (SSSR count). The molecule has 0 heterocycles. The van der Waals surface area contributed by atoms with E-state index in [2.05, 4.69) is 11.4 Å². The zero-order chi connectivity index (χ0) is 14.0. The minimum absolute atomic E-state index is 0.0409. The van der Waals surface area contributed by atoms with Crippen LogP contribution in [0.1, 0.15) is 29.6 Å². The number of nitrogens with two attached hydrogens (primary N) is 1. The summed E-state index contributed by atoms with van der Waals surface area (Å²) < 4.78 is 24.6. The maximum absolute atomic E-state index is 11.7. The van der Waals surface area contributed by atoms with Crippen LogP contribution in [-0.2, 0) is 10.0 Å². The molecule has 19 heavy (non-hydrogen) atoms. The SMILES string of the molecule is CN(C)S(=O)(=O)CCNC1CC(N)c2ccccc21. The van der Waals surface area contributed by atoms with Gasteiger partial charge >= 0.3 is 0 Å². The third-order valence-electron chi connectivity index (χ3n) is 3.57. The molecule has 0 aromatic heterocycles. The molecule has 1 aliphatic rings. The molecule has 3 N–H and O–H groups in total. The van der Waals surface area contributed by atoms with Crippen LogP contribution in [-0.4, -0.2) is 39.1 Å². The van der Waals surface area contributed by atoms with Gasteiger partial charge in [-0.2, -0.15) is 0 Å². The number of benzene rings is 1. The molecule has 0 saturated heterocycles. The van der Waals surface area contributed by atoms with Gasteiger partial charge in [-0.25, -0.2) is 12.7 Å². The van der Waals surface area contributed by atoms with Gasteiger partial charge in [0.2, 0.25) is 10.0 Å². The number of rotatable bonds is 5. The Morgan fingerprint density at radius 1 is 1.32 bits per heavy atom. The number of nitrogens with zero attached hydrogens (tertiary/aromatic N) is 1. The molecule has 6 heteroatoms. The van der Waals surface area contributed by atoms with Crippen molar-refractivity contribution in [3.05, 3.63) is 35.4 Å². The van der Waals surface area contributed by atoms with Crippen LogP contribution in [0.2, 0.25) is 0 Å². The number of sulfonamides is 1. The molecule has 0 amide bonds. The second-order valence-corrected chi connectivity index (χ2v) is 7.38. The molecule has 106 valence electrons. The zero-order valence-electron chi connectivity index (χ0n) is 11.3. The van der Waals surface area contributed by atoms with Gasteiger partial charge in [0.15, 0.2) is 0 Å². The Morgan fingerprint density at radius 3 is 2.58 bits per heavy atom. The molecule has 0 spiro atoms. The molecule has 0 saturated carbocycles. The second-order valence-electron chi connectivity index (χ2n) is 5.08. The highest BCUT2D eigenvalue weighted by Crippen LogP contribution is 2.36. The Morgan fingerprint density at radius 2 is 1.95 bits per heavy atom. The van der Waals surface area contributed by atoms with E-state index < -0.39 is 10.0 Å². The van der Waals surface area contributed by atoms with E-state index in [1.54, 1.807) is 14.1 Å². The summed E-state index contributed by atoms with van der Waals surface area (Å²) in [7, 11) is -0.0378. The summed E-state index contributed by atoms with van der Waals surface area (Å²) in [5.74, 6) is 0.105. The van der Waals surface area contributed by atoms with Crippen molar-refractivity contribution in [2.45, 2.75) is 18.5 Å². The van der Waals surface area contributed by atoms with Crippen LogP contribution in [0.4, 0.5) is 0 Å². The van der Waals surface area contributed by atoms with Crippen molar-refractivity contribution in [2.75, 3.05) is 26.4 Å². The highest BCUT2D eigenvalue weighted by Gasteiger charge is 2.28. The Kier molecular flexibility index (Phi) is 4.25. The van der Waals surface area contributed by atoms with Crippen LogP contribution < -0.4 is 11.1 Å². The third kappa shape index (κ3) is 3.14. The predicted octanol–water partition coefficient (Wildman–Crippen LogP) is 0.612. The van der Waals surface area contributed by atoms with E-state index in [4.69, 9.17) is 5.73 Å². The van der Waals surface area contributed by atoms with Gasteiger partial charge in [-0.1, -0.05) is 24.3 Å². The first-order valence-electron chi connectivity index (χ1n) is 6.40. The van der Waals surface area contributed by atoms with Crippen LogP contribution in [0.25, 0.3) is 0 Å². The Labute approximate surface area is 114 Å². The average molecular weight is 283 g/mol. The van der Waals surface area contributed by atoms with Crippen molar-refractivity contribution < 1.29 is 8.42 Å². The lowest BCUT2D eigenvalue weighted by Gasteiger charge is -2.16. The van der Waals surface area contributed by atoms with E-state index in [1.165, 1.54) is 9.87 Å². The molecule has 1 aromatic carbocycles. The standard InChI is InChI=1S/C13H21N3O2S/c1-16(2)19(17,18)8-7-15-13-9-12(14)10-5-3-4-6-11(10)13/h3-6,12-13,15H,7-9,14H2,1-2H3. The summed E-state index contributed by atoms with van der Waals surface area (Å²) in [5, 5.41) is 3.29. The van der Waals surface area contributed by atoms with E-state index in [-0.39, 0.29) is 17.8 Å². The summed E-state index contributed by atoms with van der Waals surface area (Å²) in [4.78, 5) is 0. The maximum atomic E-state index is 11.7. The summed E-state index contributed by atoms with van der Waals surface area (Å²) in [6.45, 7) is 0.437. The van der Waals surface area contributed by atoms with Gasteiger partial charge in [-0.05, 0) is 17.5 Å². The zero-order valence-corrected chi connectivity index (χ0v) is 12.2. The molecule has 0 bridgehead atoms. The van der Waals surface area contributed by atoms with E-state index in [0.29, 0.717) is 6.54 Å². The normalized spacial score (nSPS) is 22.7. The first-order valence-corrected chi connectivity index (χ1v) is 8.00. The molecular weight excluding hydrogens is 262 g/mol. The topological polar surface area (TPSA) is 75.4 Å². The molecule has 0 fully saturated rings. The third-order valence-corrected chi connectivity index (χ3v) is 5.40. The smallest absolute Gasteiger partial charge is 0.214 e. The molecule has 5 nitrogen and oxygen atoms in total. The lowest BCUT2D eigenvalue weighted by molar-refractivity contribution is 0.495. The van der Waals surface area contributed by atoms with E-state index in [9.17, 15) is 8.42 Å². The Hall–Kier alpha value is -0.950. The first-order chi connectivity index (χ1) is 8.92. The van der Waals surface area contributed by atoms with Crippen LogP contribution in [0, 0.1) is 0 Å². The fraction of sp³-hybridized carbons (Fsp3) is 0.538. The summed E-state index contributed by atoms with van der Waals surface area (Å²) in [6, 6.07) is 8.26. The lowest BCUT2D eigenvalue weighted by Crippen LogP contribution is -2.32. The highest BCUT2D eigenvalue weighted by molar-refractivity contribution is 7.89. The van der Waals surface area contributed by atoms with Crippen LogP contribution in [0.5, 0.6) is 0 Å². The first kappa shape index (κ1) is 14.5. The minimum atomic E-state index is -3.14. The summed E-state index contributed by atoms with van der Waals surface area (Å²) in [6.07, 6.45) is 0.821. The van der Waals surface area contributed by atoms with Crippen molar-refractivity contribution in [1.82, 2.24) is 9.62 Å². The second kappa shape index (κ2) is 5.58. The highest BCUT2D eigenvalue weighted by atomic mass is 32.2. The minimum Gasteiger partial charge on any atom is -0.324 e. The van der Waals surface area contributed by atoms with Crippen molar-refractivity contribution in [3.8, 4) is 0 Å². The number of hydrogen-bond acceptors (Lipinski definition) is 4. The lowest BCUT2D eigenvalue weighted by atomic mass is 10.1. The van der Waals surface area contributed by atoms with E-state index in [0.717, 1.165) is 12.0 Å². The van der Waals surface area contributed by atoms with Gasteiger partial charge in [0.1, 0.15) is 0 Å². The number of fused-ring (bicyclic) bond motifs is 1. The van der Waals surface area contributed by atoms with Gasteiger partial charge < -0.3 is 11.1 Å². The molecular formula is C13H21N3O2S. The van der Waals surface area contributed by atoms with Crippen molar-refractivity contribution in [1.29, 1.82) is 0 Å². The largest absolute Gasteiger partial charge is 0.324 e. The van der Waals surface area contributed by atoms with Gasteiger partial charge in [-0.3, -0.25) is 0 Å².